The van der Waals surface area contributed by atoms with E-state index in [1.54, 1.807) is 0 Å². The smallest absolute Gasteiger partial charge is 0.134 e. The van der Waals surface area contributed by atoms with Crippen LogP contribution in [-0.4, -0.2) is 22.6 Å². The van der Waals surface area contributed by atoms with Crippen molar-refractivity contribution in [3.05, 3.63) is 47.8 Å². The highest BCUT2D eigenvalue weighted by Crippen LogP contribution is 2.25. The van der Waals surface area contributed by atoms with Gasteiger partial charge >= 0.3 is 0 Å². The van der Waals surface area contributed by atoms with Gasteiger partial charge in [-0.3, -0.25) is 0 Å². The summed E-state index contributed by atoms with van der Waals surface area (Å²) in [5.41, 5.74) is 1.30. The zero-order valence-corrected chi connectivity index (χ0v) is 12.7. The standard InChI is InChI=1S/C17H22N4/c1-3-21(12-14-7-5-4-6-8-14)17-11-16(18-13(2)19-17)20-15-9-10-15/h4-8,11,15H,3,9-10,12H2,1-2H3,(H,18,19,20). The molecule has 110 valence electrons. The number of hydrogen-bond donors (Lipinski definition) is 1. The van der Waals surface area contributed by atoms with Gasteiger partial charge in [-0.05, 0) is 32.3 Å². The number of nitrogens with zero attached hydrogens (tertiary/aromatic N) is 3. The van der Waals surface area contributed by atoms with Gasteiger partial charge in [0.25, 0.3) is 0 Å². The average Bonchev–Trinajstić information content (AvgIpc) is 3.29. The molecule has 0 saturated heterocycles. The molecule has 1 aromatic heterocycles. The van der Waals surface area contributed by atoms with E-state index >= 15 is 0 Å². The van der Waals surface area contributed by atoms with Gasteiger partial charge in [0.2, 0.25) is 0 Å². The van der Waals surface area contributed by atoms with Gasteiger partial charge in [-0.15, -0.1) is 0 Å². The van der Waals surface area contributed by atoms with Gasteiger partial charge in [-0.1, -0.05) is 30.3 Å². The minimum atomic E-state index is 0.608. The second-order valence-electron chi connectivity index (χ2n) is 5.58. The fourth-order valence-electron chi connectivity index (χ4n) is 2.38. The predicted molar refractivity (Wildman–Crippen MR) is 86.6 cm³/mol. The fourth-order valence-corrected chi connectivity index (χ4v) is 2.38. The van der Waals surface area contributed by atoms with Crippen LogP contribution >= 0.6 is 0 Å². The summed E-state index contributed by atoms with van der Waals surface area (Å²) in [6, 6.07) is 13.2. The van der Waals surface area contributed by atoms with Gasteiger partial charge in [0.05, 0.1) is 0 Å². The van der Waals surface area contributed by atoms with Crippen molar-refractivity contribution in [1.82, 2.24) is 9.97 Å². The Hall–Kier alpha value is -2.10. The molecule has 1 saturated carbocycles. The van der Waals surface area contributed by atoms with Crippen molar-refractivity contribution in [3.8, 4) is 0 Å². The van der Waals surface area contributed by atoms with Crippen LogP contribution in [-0.2, 0) is 6.54 Å². The molecule has 0 amide bonds. The lowest BCUT2D eigenvalue weighted by Crippen LogP contribution is -2.24. The second-order valence-corrected chi connectivity index (χ2v) is 5.58. The molecule has 1 fully saturated rings. The van der Waals surface area contributed by atoms with Crippen molar-refractivity contribution in [1.29, 1.82) is 0 Å². The Morgan fingerprint density at radius 2 is 1.95 bits per heavy atom. The molecule has 3 rings (SSSR count). The van der Waals surface area contributed by atoms with E-state index in [9.17, 15) is 0 Å². The topological polar surface area (TPSA) is 41.0 Å². The normalized spacial score (nSPS) is 14.0. The third-order valence-corrected chi connectivity index (χ3v) is 3.68. The Kier molecular flexibility index (Phi) is 4.04. The van der Waals surface area contributed by atoms with E-state index in [1.807, 2.05) is 13.0 Å². The van der Waals surface area contributed by atoms with Crippen LogP contribution in [0.5, 0.6) is 0 Å². The molecule has 0 radical (unpaired) electrons. The zero-order valence-electron chi connectivity index (χ0n) is 12.7. The molecule has 21 heavy (non-hydrogen) atoms. The number of aryl methyl sites for hydroxylation is 1. The third kappa shape index (κ3) is 3.72. The van der Waals surface area contributed by atoms with E-state index in [0.29, 0.717) is 6.04 Å². The highest BCUT2D eigenvalue weighted by molar-refractivity contribution is 5.50. The fraction of sp³-hybridized carbons (Fsp3) is 0.412. The molecule has 1 N–H and O–H groups in total. The monoisotopic (exact) mass is 282 g/mol. The van der Waals surface area contributed by atoms with E-state index in [1.165, 1.54) is 18.4 Å². The number of aromatic nitrogens is 2. The first kappa shape index (κ1) is 13.9. The highest BCUT2D eigenvalue weighted by atomic mass is 15.2. The summed E-state index contributed by atoms with van der Waals surface area (Å²) in [5, 5.41) is 3.46. The first-order valence-corrected chi connectivity index (χ1v) is 7.65. The largest absolute Gasteiger partial charge is 0.367 e. The summed E-state index contributed by atoms with van der Waals surface area (Å²) in [7, 11) is 0. The van der Waals surface area contributed by atoms with Crippen LogP contribution in [0.3, 0.4) is 0 Å². The van der Waals surface area contributed by atoms with Crippen molar-refractivity contribution in [2.24, 2.45) is 0 Å². The molecular formula is C17H22N4. The number of hydrogen-bond acceptors (Lipinski definition) is 4. The first-order chi connectivity index (χ1) is 10.2. The first-order valence-electron chi connectivity index (χ1n) is 7.65. The number of nitrogens with one attached hydrogen (secondary N) is 1. The lowest BCUT2D eigenvalue weighted by Gasteiger charge is -2.23. The Bertz CT molecular complexity index is 593. The van der Waals surface area contributed by atoms with Gasteiger partial charge in [0, 0.05) is 25.2 Å². The summed E-state index contributed by atoms with van der Waals surface area (Å²) >= 11 is 0. The molecule has 1 aliphatic rings. The van der Waals surface area contributed by atoms with Crippen LogP contribution in [0.2, 0.25) is 0 Å². The van der Waals surface area contributed by atoms with E-state index in [-0.39, 0.29) is 0 Å². The molecular weight excluding hydrogens is 260 g/mol. The van der Waals surface area contributed by atoms with Crippen LogP contribution in [0, 0.1) is 6.92 Å². The maximum atomic E-state index is 4.60. The van der Waals surface area contributed by atoms with Gasteiger partial charge in [-0.25, -0.2) is 9.97 Å². The summed E-state index contributed by atoms with van der Waals surface area (Å²) in [4.78, 5) is 11.4. The van der Waals surface area contributed by atoms with Crippen LogP contribution in [0.1, 0.15) is 31.2 Å². The number of anilines is 2. The Morgan fingerprint density at radius 3 is 2.62 bits per heavy atom. The maximum Gasteiger partial charge on any atom is 0.134 e. The zero-order chi connectivity index (χ0) is 14.7. The summed E-state index contributed by atoms with van der Waals surface area (Å²) in [6.45, 7) is 5.91. The van der Waals surface area contributed by atoms with E-state index in [4.69, 9.17) is 0 Å². The quantitative estimate of drug-likeness (QED) is 0.882. The Balaban J connectivity index is 1.80. The van der Waals surface area contributed by atoms with Gasteiger partial charge in [0.15, 0.2) is 0 Å². The number of rotatable bonds is 6. The summed E-state index contributed by atoms with van der Waals surface area (Å²) < 4.78 is 0. The molecule has 0 bridgehead atoms. The molecule has 1 heterocycles. The van der Waals surface area contributed by atoms with Crippen molar-refractivity contribution in [3.63, 3.8) is 0 Å². The van der Waals surface area contributed by atoms with E-state index in [2.05, 4.69) is 57.4 Å². The lowest BCUT2D eigenvalue weighted by molar-refractivity contribution is 0.804. The molecule has 1 aromatic carbocycles. The molecule has 0 unspecified atom stereocenters. The van der Waals surface area contributed by atoms with Crippen molar-refractivity contribution >= 4 is 11.6 Å². The SMILES string of the molecule is CCN(Cc1ccccc1)c1cc(NC2CC2)nc(C)n1. The predicted octanol–water partition coefficient (Wildman–Crippen LogP) is 3.39. The molecule has 2 aromatic rings. The van der Waals surface area contributed by atoms with Crippen molar-refractivity contribution in [2.45, 2.75) is 39.3 Å². The summed E-state index contributed by atoms with van der Waals surface area (Å²) in [6.07, 6.45) is 2.50. The number of benzene rings is 1. The van der Waals surface area contributed by atoms with Gasteiger partial charge in [0.1, 0.15) is 17.5 Å². The Morgan fingerprint density at radius 1 is 1.19 bits per heavy atom. The van der Waals surface area contributed by atoms with Crippen molar-refractivity contribution < 1.29 is 0 Å². The van der Waals surface area contributed by atoms with E-state index < -0.39 is 0 Å². The third-order valence-electron chi connectivity index (χ3n) is 3.68. The Labute approximate surface area is 126 Å². The molecule has 0 spiro atoms. The molecule has 0 aliphatic heterocycles. The molecule has 4 nitrogen and oxygen atoms in total. The summed E-state index contributed by atoms with van der Waals surface area (Å²) in [5.74, 6) is 2.77. The van der Waals surface area contributed by atoms with Gasteiger partial charge < -0.3 is 10.2 Å². The second kappa shape index (κ2) is 6.12. The van der Waals surface area contributed by atoms with Crippen LogP contribution < -0.4 is 10.2 Å². The van der Waals surface area contributed by atoms with Gasteiger partial charge in [-0.2, -0.15) is 0 Å². The highest BCUT2D eigenvalue weighted by Gasteiger charge is 2.22. The minimum absolute atomic E-state index is 0.608. The van der Waals surface area contributed by atoms with Crippen LogP contribution in [0.25, 0.3) is 0 Å². The maximum absolute atomic E-state index is 4.60. The van der Waals surface area contributed by atoms with Crippen molar-refractivity contribution in [2.75, 3.05) is 16.8 Å². The minimum Gasteiger partial charge on any atom is -0.367 e. The molecule has 4 heteroatoms. The molecule has 0 atom stereocenters. The van der Waals surface area contributed by atoms with E-state index in [0.717, 1.165) is 30.5 Å². The average molecular weight is 282 g/mol. The van der Waals surface area contributed by atoms with Crippen LogP contribution in [0.15, 0.2) is 36.4 Å². The lowest BCUT2D eigenvalue weighted by atomic mass is 10.2. The molecule has 1 aliphatic carbocycles. The van der Waals surface area contributed by atoms with Crippen LogP contribution in [0.4, 0.5) is 11.6 Å².